The first-order valence-electron chi connectivity index (χ1n) is 9.01. The second-order valence-corrected chi connectivity index (χ2v) is 9.48. The number of carbonyl (C=O) groups excluding carboxylic acids is 1. The van der Waals surface area contributed by atoms with Gasteiger partial charge in [0.1, 0.15) is 0 Å². The van der Waals surface area contributed by atoms with Crippen LogP contribution in [0.4, 0.5) is 0 Å². The molecule has 1 aliphatic heterocycles. The van der Waals surface area contributed by atoms with Crippen LogP contribution in [0.2, 0.25) is 0 Å². The van der Waals surface area contributed by atoms with E-state index in [9.17, 15) is 13.2 Å². The van der Waals surface area contributed by atoms with Crippen molar-refractivity contribution in [2.75, 3.05) is 25.9 Å². The summed E-state index contributed by atoms with van der Waals surface area (Å²) in [5, 5.41) is 0. The summed E-state index contributed by atoms with van der Waals surface area (Å²) in [6.07, 6.45) is 4.89. The van der Waals surface area contributed by atoms with Gasteiger partial charge in [-0.05, 0) is 36.8 Å². The molecule has 1 aromatic rings. The summed E-state index contributed by atoms with van der Waals surface area (Å²) in [5.74, 6) is 0.281. The maximum atomic E-state index is 12.7. The standard InChI is InChI=1S/C18H27N3O3S/c1-3-4-11-25(23,24)21-10-8-18(14-21)12-16(18)17(22)20(2)13-15-7-5-6-9-19-15/h5-7,9,16H,3-4,8,10-14H2,1-2H3/t16-,18+/m0/s1. The monoisotopic (exact) mass is 365 g/mol. The molecule has 138 valence electrons. The Morgan fingerprint density at radius 2 is 2.24 bits per heavy atom. The van der Waals surface area contributed by atoms with Gasteiger partial charge in [-0.1, -0.05) is 19.4 Å². The second-order valence-electron chi connectivity index (χ2n) is 7.39. The zero-order valence-electron chi connectivity index (χ0n) is 15.0. The highest BCUT2D eigenvalue weighted by Gasteiger charge is 2.62. The lowest BCUT2D eigenvalue weighted by Crippen LogP contribution is -2.33. The first-order chi connectivity index (χ1) is 11.9. The molecule has 2 aliphatic rings. The first-order valence-corrected chi connectivity index (χ1v) is 10.6. The van der Waals surface area contributed by atoms with E-state index in [1.807, 2.05) is 25.1 Å². The lowest BCUT2D eigenvalue weighted by atomic mass is 10.0. The molecule has 0 aromatic carbocycles. The number of sulfonamides is 1. The van der Waals surface area contributed by atoms with Crippen LogP contribution in [0.15, 0.2) is 24.4 Å². The van der Waals surface area contributed by atoms with Gasteiger partial charge in [0.15, 0.2) is 0 Å². The molecule has 0 unspecified atom stereocenters. The second kappa shape index (κ2) is 7.03. The maximum absolute atomic E-state index is 12.7. The van der Waals surface area contributed by atoms with Gasteiger partial charge >= 0.3 is 0 Å². The van der Waals surface area contributed by atoms with Gasteiger partial charge in [0.25, 0.3) is 0 Å². The number of carbonyl (C=O) groups is 1. The Balaban J connectivity index is 1.57. The van der Waals surface area contributed by atoms with E-state index in [0.717, 1.165) is 25.0 Å². The maximum Gasteiger partial charge on any atom is 0.226 e. The average Bonchev–Trinajstić information content (AvgIpc) is 3.11. The summed E-state index contributed by atoms with van der Waals surface area (Å²) in [5.41, 5.74) is 0.734. The zero-order valence-corrected chi connectivity index (χ0v) is 15.8. The molecule has 6 nitrogen and oxygen atoms in total. The van der Waals surface area contributed by atoms with Crippen LogP contribution >= 0.6 is 0 Å². The van der Waals surface area contributed by atoms with Crippen LogP contribution in [0.5, 0.6) is 0 Å². The Kier molecular flexibility index (Phi) is 5.16. The van der Waals surface area contributed by atoms with E-state index in [1.54, 1.807) is 22.4 Å². The van der Waals surface area contributed by atoms with E-state index in [1.165, 1.54) is 0 Å². The van der Waals surface area contributed by atoms with Gasteiger partial charge in [-0.2, -0.15) is 0 Å². The van der Waals surface area contributed by atoms with Crippen molar-refractivity contribution in [1.82, 2.24) is 14.2 Å². The molecule has 1 aromatic heterocycles. The molecule has 1 saturated heterocycles. The SMILES string of the molecule is CCCCS(=O)(=O)N1CC[C@@]2(C[C@H]2C(=O)N(C)Cc2ccccn2)C1. The number of hydrogen-bond acceptors (Lipinski definition) is 4. The molecule has 1 saturated carbocycles. The number of aromatic nitrogens is 1. The van der Waals surface area contributed by atoms with Gasteiger partial charge in [-0.3, -0.25) is 9.78 Å². The third kappa shape index (κ3) is 3.87. The number of amides is 1. The Bertz CT molecular complexity index is 722. The summed E-state index contributed by atoms with van der Waals surface area (Å²) < 4.78 is 26.4. The topological polar surface area (TPSA) is 70.6 Å². The number of rotatable bonds is 7. The molecule has 1 aliphatic carbocycles. The van der Waals surface area contributed by atoms with Crippen molar-refractivity contribution in [3.05, 3.63) is 30.1 Å². The summed E-state index contributed by atoms with van der Waals surface area (Å²) in [6, 6.07) is 5.67. The Morgan fingerprint density at radius 1 is 1.44 bits per heavy atom. The van der Waals surface area contributed by atoms with Gasteiger partial charge < -0.3 is 4.90 Å². The summed E-state index contributed by atoms with van der Waals surface area (Å²) in [7, 11) is -1.37. The fraction of sp³-hybridized carbons (Fsp3) is 0.667. The molecule has 3 rings (SSSR count). The predicted octanol–water partition coefficient (Wildman–Crippen LogP) is 1.88. The molecular weight excluding hydrogens is 338 g/mol. The Morgan fingerprint density at radius 3 is 2.92 bits per heavy atom. The molecule has 0 N–H and O–H groups in total. The van der Waals surface area contributed by atoms with Crippen molar-refractivity contribution in [3.63, 3.8) is 0 Å². The zero-order chi connectivity index (χ0) is 18.1. The summed E-state index contributed by atoms with van der Waals surface area (Å²) >= 11 is 0. The van der Waals surface area contributed by atoms with Crippen molar-refractivity contribution in [2.45, 2.75) is 39.2 Å². The lowest BCUT2D eigenvalue weighted by molar-refractivity contribution is -0.132. The van der Waals surface area contributed by atoms with Crippen molar-refractivity contribution >= 4 is 15.9 Å². The average molecular weight is 365 g/mol. The van der Waals surface area contributed by atoms with Gasteiger partial charge in [-0.25, -0.2) is 12.7 Å². The molecular formula is C18H27N3O3S. The largest absolute Gasteiger partial charge is 0.340 e. The van der Waals surface area contributed by atoms with Crippen LogP contribution in [0.25, 0.3) is 0 Å². The van der Waals surface area contributed by atoms with Gasteiger partial charge in [-0.15, -0.1) is 0 Å². The third-order valence-corrected chi connectivity index (χ3v) is 7.39. The van der Waals surface area contributed by atoms with Gasteiger partial charge in [0.05, 0.1) is 18.0 Å². The van der Waals surface area contributed by atoms with E-state index in [4.69, 9.17) is 0 Å². The highest BCUT2D eigenvalue weighted by atomic mass is 32.2. The fourth-order valence-corrected chi connectivity index (χ4v) is 5.51. The number of hydrogen-bond donors (Lipinski definition) is 0. The molecule has 2 atom stereocenters. The summed E-state index contributed by atoms with van der Waals surface area (Å²) in [6.45, 7) is 3.55. The highest BCUT2D eigenvalue weighted by molar-refractivity contribution is 7.89. The Labute approximate surface area is 150 Å². The van der Waals surface area contributed by atoms with Gasteiger partial charge in [0.2, 0.25) is 15.9 Å². The lowest BCUT2D eigenvalue weighted by Gasteiger charge is -2.19. The number of unbranched alkanes of at least 4 members (excludes halogenated alkanes) is 1. The minimum Gasteiger partial charge on any atom is -0.340 e. The quantitative estimate of drug-likeness (QED) is 0.740. The molecule has 2 heterocycles. The van der Waals surface area contributed by atoms with Crippen LogP contribution in [-0.2, 0) is 21.4 Å². The minimum atomic E-state index is -3.17. The predicted molar refractivity (Wildman–Crippen MR) is 96.1 cm³/mol. The van der Waals surface area contributed by atoms with Crippen LogP contribution < -0.4 is 0 Å². The normalized spacial score (nSPS) is 26.1. The number of pyridine rings is 1. The van der Waals surface area contributed by atoms with Crippen molar-refractivity contribution in [3.8, 4) is 0 Å². The van der Waals surface area contributed by atoms with Crippen LogP contribution in [0, 0.1) is 11.3 Å². The molecule has 0 radical (unpaired) electrons. The van der Waals surface area contributed by atoms with Crippen LogP contribution in [0.3, 0.4) is 0 Å². The molecule has 1 amide bonds. The highest BCUT2D eigenvalue weighted by Crippen LogP contribution is 2.59. The van der Waals surface area contributed by atoms with Crippen molar-refractivity contribution < 1.29 is 13.2 Å². The molecule has 1 spiro atoms. The van der Waals surface area contributed by atoms with E-state index in [-0.39, 0.29) is 23.0 Å². The third-order valence-electron chi connectivity index (χ3n) is 5.49. The van der Waals surface area contributed by atoms with Crippen LogP contribution in [0.1, 0.15) is 38.3 Å². The van der Waals surface area contributed by atoms with Gasteiger partial charge in [0, 0.05) is 32.3 Å². The minimum absolute atomic E-state index is 0.0485. The smallest absolute Gasteiger partial charge is 0.226 e. The molecule has 25 heavy (non-hydrogen) atoms. The van der Waals surface area contributed by atoms with E-state index in [2.05, 4.69) is 4.98 Å². The Hall–Kier alpha value is -1.47. The molecule has 2 fully saturated rings. The summed E-state index contributed by atoms with van der Waals surface area (Å²) in [4.78, 5) is 18.7. The van der Waals surface area contributed by atoms with Crippen molar-refractivity contribution in [2.24, 2.45) is 11.3 Å². The van der Waals surface area contributed by atoms with E-state index in [0.29, 0.717) is 26.1 Å². The number of nitrogens with zero attached hydrogens (tertiary/aromatic N) is 3. The molecule has 0 bridgehead atoms. The van der Waals surface area contributed by atoms with Crippen molar-refractivity contribution in [1.29, 1.82) is 0 Å². The molecule has 7 heteroatoms. The van der Waals surface area contributed by atoms with Crippen LogP contribution in [-0.4, -0.2) is 54.4 Å². The van der Waals surface area contributed by atoms with E-state index >= 15 is 0 Å². The van der Waals surface area contributed by atoms with E-state index < -0.39 is 10.0 Å². The first kappa shape index (κ1) is 18.3. The fourth-order valence-electron chi connectivity index (χ4n) is 3.78.